The number of nitrogens with zero attached hydrogens (tertiary/aromatic N) is 5. The number of hydrogen-bond donors (Lipinski definition) is 0. The largest absolute Gasteiger partial charge is 0.440 e. The van der Waals surface area contributed by atoms with Gasteiger partial charge in [-0.2, -0.15) is 5.10 Å². The van der Waals surface area contributed by atoms with E-state index in [1.54, 1.807) is 10.9 Å². The van der Waals surface area contributed by atoms with E-state index in [-0.39, 0.29) is 11.8 Å². The number of carbonyl (C=O) groups excluding carboxylic acids is 1. The number of oxazole rings is 1. The number of para-hydroxylation sites is 2. The molecule has 0 unspecified atom stereocenters. The Morgan fingerprint density at radius 3 is 2.79 bits per heavy atom. The molecule has 0 saturated carbocycles. The van der Waals surface area contributed by atoms with Crippen LogP contribution in [0.4, 0.5) is 0 Å². The lowest BCUT2D eigenvalue weighted by Gasteiger charge is -2.30. The van der Waals surface area contributed by atoms with E-state index in [0.29, 0.717) is 18.8 Å². The monoisotopic (exact) mass is 393 g/mol. The van der Waals surface area contributed by atoms with Crippen molar-refractivity contribution in [1.29, 1.82) is 0 Å². The number of likely N-dealkylation sites (tertiary alicyclic amines) is 1. The highest BCUT2D eigenvalue weighted by atomic mass is 32.1. The Morgan fingerprint density at radius 2 is 2.04 bits per heavy atom. The first kappa shape index (κ1) is 17.1. The van der Waals surface area contributed by atoms with Crippen molar-refractivity contribution in [2.24, 2.45) is 7.05 Å². The molecular formula is C20H19N5O2S. The molecule has 1 saturated heterocycles. The number of amides is 1. The topological polar surface area (TPSA) is 77.0 Å². The summed E-state index contributed by atoms with van der Waals surface area (Å²) in [5.74, 6) is 1.01. The quantitative estimate of drug-likeness (QED) is 0.530. The smallest absolute Gasteiger partial charge is 0.273 e. The van der Waals surface area contributed by atoms with E-state index in [2.05, 4.69) is 15.1 Å². The summed E-state index contributed by atoms with van der Waals surface area (Å²) < 4.78 is 7.64. The van der Waals surface area contributed by atoms with Crippen LogP contribution < -0.4 is 0 Å². The molecule has 7 nitrogen and oxygen atoms in total. The molecule has 0 N–H and O–H groups in total. The second kappa shape index (κ2) is 6.87. The van der Waals surface area contributed by atoms with Crippen LogP contribution in [0.1, 0.15) is 35.1 Å². The molecule has 1 amide bonds. The maximum Gasteiger partial charge on any atom is 0.273 e. The van der Waals surface area contributed by atoms with Gasteiger partial charge in [-0.1, -0.05) is 12.1 Å². The van der Waals surface area contributed by atoms with Crippen LogP contribution in [-0.2, 0) is 7.05 Å². The SMILES string of the molecule is Cn1cc(-c2nc(C(=O)N3CCC(c4nc5ccccc5o4)CC3)cs2)cn1. The predicted molar refractivity (Wildman–Crippen MR) is 106 cm³/mol. The number of aromatic nitrogens is 4. The van der Waals surface area contributed by atoms with Crippen LogP contribution in [0.5, 0.6) is 0 Å². The van der Waals surface area contributed by atoms with Crippen molar-refractivity contribution < 1.29 is 9.21 Å². The minimum absolute atomic E-state index is 0.0117. The van der Waals surface area contributed by atoms with Gasteiger partial charge < -0.3 is 9.32 Å². The van der Waals surface area contributed by atoms with Crippen molar-refractivity contribution >= 4 is 28.3 Å². The molecule has 0 spiro atoms. The third-order valence-electron chi connectivity index (χ3n) is 5.12. The number of piperidine rings is 1. The van der Waals surface area contributed by atoms with Crippen LogP contribution in [0, 0.1) is 0 Å². The molecule has 4 heterocycles. The number of hydrogen-bond acceptors (Lipinski definition) is 6. The Balaban J connectivity index is 1.26. The van der Waals surface area contributed by atoms with E-state index >= 15 is 0 Å². The lowest BCUT2D eigenvalue weighted by Crippen LogP contribution is -2.38. The summed E-state index contributed by atoms with van der Waals surface area (Å²) in [7, 11) is 1.87. The van der Waals surface area contributed by atoms with E-state index in [0.717, 1.165) is 40.4 Å². The third-order valence-corrected chi connectivity index (χ3v) is 6.01. The lowest BCUT2D eigenvalue weighted by molar-refractivity contribution is 0.0701. The molecular weight excluding hydrogens is 374 g/mol. The molecule has 3 aromatic heterocycles. The fourth-order valence-electron chi connectivity index (χ4n) is 3.59. The van der Waals surface area contributed by atoms with E-state index in [1.807, 2.05) is 47.8 Å². The van der Waals surface area contributed by atoms with E-state index < -0.39 is 0 Å². The molecule has 28 heavy (non-hydrogen) atoms. The van der Waals surface area contributed by atoms with Crippen molar-refractivity contribution in [3.05, 3.63) is 53.6 Å². The van der Waals surface area contributed by atoms with Crippen LogP contribution >= 0.6 is 11.3 Å². The van der Waals surface area contributed by atoms with Crippen LogP contribution in [0.3, 0.4) is 0 Å². The maximum absolute atomic E-state index is 12.8. The molecule has 8 heteroatoms. The van der Waals surface area contributed by atoms with Gasteiger partial charge in [-0.05, 0) is 25.0 Å². The van der Waals surface area contributed by atoms with E-state index in [4.69, 9.17) is 4.42 Å². The fraction of sp³-hybridized carbons (Fsp3) is 0.300. The summed E-state index contributed by atoms with van der Waals surface area (Å²) in [6.45, 7) is 1.37. The second-order valence-electron chi connectivity index (χ2n) is 7.03. The van der Waals surface area contributed by atoms with Gasteiger partial charge in [-0.3, -0.25) is 9.48 Å². The molecule has 0 atom stereocenters. The van der Waals surface area contributed by atoms with Crippen LogP contribution in [0.25, 0.3) is 21.7 Å². The third kappa shape index (κ3) is 3.09. The average molecular weight is 393 g/mol. The second-order valence-corrected chi connectivity index (χ2v) is 7.88. The van der Waals surface area contributed by atoms with Crippen LogP contribution in [0.15, 0.2) is 46.5 Å². The predicted octanol–water partition coefficient (Wildman–Crippen LogP) is 3.70. The van der Waals surface area contributed by atoms with Gasteiger partial charge in [0.15, 0.2) is 11.5 Å². The first-order chi connectivity index (χ1) is 13.7. The van der Waals surface area contributed by atoms with Gasteiger partial charge in [0.25, 0.3) is 5.91 Å². The number of thiazole rings is 1. The van der Waals surface area contributed by atoms with Crippen molar-refractivity contribution in [2.75, 3.05) is 13.1 Å². The molecule has 1 aliphatic rings. The number of aryl methyl sites for hydroxylation is 1. The van der Waals surface area contributed by atoms with Gasteiger partial charge in [0, 0.05) is 43.2 Å². The zero-order valence-electron chi connectivity index (χ0n) is 15.4. The van der Waals surface area contributed by atoms with Crippen molar-refractivity contribution in [3.63, 3.8) is 0 Å². The Kier molecular flexibility index (Phi) is 4.20. The molecule has 0 aliphatic carbocycles. The Hall–Kier alpha value is -3.00. The fourth-order valence-corrected chi connectivity index (χ4v) is 4.36. The summed E-state index contributed by atoms with van der Waals surface area (Å²) in [6.07, 6.45) is 5.36. The lowest BCUT2D eigenvalue weighted by atomic mass is 9.96. The summed E-state index contributed by atoms with van der Waals surface area (Å²) in [5, 5.41) is 6.81. The first-order valence-electron chi connectivity index (χ1n) is 9.26. The highest BCUT2D eigenvalue weighted by Crippen LogP contribution is 2.31. The number of benzene rings is 1. The van der Waals surface area contributed by atoms with Gasteiger partial charge in [-0.25, -0.2) is 9.97 Å². The molecule has 1 aromatic carbocycles. The molecule has 142 valence electrons. The van der Waals surface area contributed by atoms with Gasteiger partial charge in [0.05, 0.1) is 6.20 Å². The minimum Gasteiger partial charge on any atom is -0.440 e. The molecule has 0 radical (unpaired) electrons. The van der Waals surface area contributed by atoms with Crippen molar-refractivity contribution in [2.45, 2.75) is 18.8 Å². The summed E-state index contributed by atoms with van der Waals surface area (Å²) in [5.41, 5.74) is 3.15. The minimum atomic E-state index is -0.0117. The highest BCUT2D eigenvalue weighted by molar-refractivity contribution is 7.13. The Morgan fingerprint density at radius 1 is 1.21 bits per heavy atom. The highest BCUT2D eigenvalue weighted by Gasteiger charge is 2.28. The molecule has 1 fully saturated rings. The van der Waals surface area contributed by atoms with Crippen molar-refractivity contribution in [1.82, 2.24) is 24.6 Å². The maximum atomic E-state index is 12.8. The first-order valence-corrected chi connectivity index (χ1v) is 10.1. The molecule has 0 bridgehead atoms. The zero-order valence-corrected chi connectivity index (χ0v) is 16.2. The normalized spacial score (nSPS) is 15.4. The van der Waals surface area contributed by atoms with Crippen molar-refractivity contribution in [3.8, 4) is 10.6 Å². The van der Waals surface area contributed by atoms with Crippen LogP contribution in [0.2, 0.25) is 0 Å². The zero-order chi connectivity index (χ0) is 19.1. The molecule has 4 aromatic rings. The number of carbonyl (C=O) groups is 1. The van der Waals surface area contributed by atoms with E-state index in [9.17, 15) is 4.79 Å². The molecule has 5 rings (SSSR count). The van der Waals surface area contributed by atoms with Gasteiger partial charge >= 0.3 is 0 Å². The summed E-state index contributed by atoms with van der Waals surface area (Å²) in [6, 6.07) is 7.81. The number of fused-ring (bicyclic) bond motifs is 1. The Labute approximate surface area is 165 Å². The van der Waals surface area contributed by atoms with Gasteiger partial charge in [-0.15, -0.1) is 11.3 Å². The van der Waals surface area contributed by atoms with Gasteiger partial charge in [0.1, 0.15) is 16.2 Å². The Bertz CT molecular complexity index is 1100. The van der Waals surface area contributed by atoms with Gasteiger partial charge in [0.2, 0.25) is 0 Å². The molecule has 1 aliphatic heterocycles. The van der Waals surface area contributed by atoms with Crippen LogP contribution in [-0.4, -0.2) is 43.6 Å². The summed E-state index contributed by atoms with van der Waals surface area (Å²) >= 11 is 1.47. The number of rotatable bonds is 3. The van der Waals surface area contributed by atoms with E-state index in [1.165, 1.54) is 11.3 Å². The average Bonchev–Trinajstić information content (AvgIpc) is 3.46. The summed E-state index contributed by atoms with van der Waals surface area (Å²) in [4.78, 5) is 23.9. The standard InChI is InChI=1S/C20H19N5O2S/c1-24-11-14(10-21-24)19-23-16(12-28-19)20(26)25-8-6-13(7-9-25)18-22-15-4-2-3-5-17(15)27-18/h2-5,10-13H,6-9H2,1H3.